The molecule has 0 aliphatic carbocycles. The summed E-state index contributed by atoms with van der Waals surface area (Å²) in [6, 6.07) is 7.62. The zero-order valence-corrected chi connectivity index (χ0v) is 9.04. The van der Waals surface area contributed by atoms with E-state index in [1.807, 2.05) is 24.3 Å². The van der Waals surface area contributed by atoms with Gasteiger partial charge in [-0.3, -0.25) is 0 Å². The van der Waals surface area contributed by atoms with Crippen molar-refractivity contribution in [3.8, 4) is 5.75 Å². The molecular formula is C11H16N2O2. The highest BCUT2D eigenvalue weighted by Gasteiger charge is 2.01. The second kappa shape index (κ2) is 5.90. The average Bonchev–Trinajstić information content (AvgIpc) is 2.29. The fourth-order valence-electron chi connectivity index (χ4n) is 1.31. The van der Waals surface area contributed by atoms with Crippen molar-refractivity contribution in [2.45, 2.75) is 6.42 Å². The van der Waals surface area contributed by atoms with Crippen LogP contribution in [0.15, 0.2) is 24.3 Å². The molecule has 4 nitrogen and oxygen atoms in total. The molecule has 0 heterocycles. The smallest absolute Gasteiger partial charge is 0.314 e. The van der Waals surface area contributed by atoms with E-state index >= 15 is 0 Å². The summed E-state index contributed by atoms with van der Waals surface area (Å²) in [5.41, 5.74) is 1.09. The van der Waals surface area contributed by atoms with Crippen molar-refractivity contribution < 1.29 is 9.53 Å². The topological polar surface area (TPSA) is 50.4 Å². The van der Waals surface area contributed by atoms with E-state index < -0.39 is 0 Å². The van der Waals surface area contributed by atoms with Gasteiger partial charge in [0.05, 0.1) is 7.11 Å². The first-order valence-electron chi connectivity index (χ1n) is 4.85. The van der Waals surface area contributed by atoms with Gasteiger partial charge in [0.15, 0.2) is 0 Å². The summed E-state index contributed by atoms with van der Waals surface area (Å²) >= 11 is 0. The molecule has 82 valence electrons. The van der Waals surface area contributed by atoms with Gasteiger partial charge in [-0.2, -0.15) is 0 Å². The van der Waals surface area contributed by atoms with Crippen molar-refractivity contribution in [1.82, 2.24) is 10.6 Å². The molecule has 2 amide bonds. The fraction of sp³-hybridized carbons (Fsp3) is 0.364. The predicted molar refractivity (Wildman–Crippen MR) is 59.2 cm³/mol. The largest absolute Gasteiger partial charge is 0.496 e. The molecule has 0 aliphatic rings. The minimum atomic E-state index is -0.162. The maximum atomic E-state index is 10.9. The van der Waals surface area contributed by atoms with Crippen LogP contribution in [0.1, 0.15) is 5.56 Å². The summed E-state index contributed by atoms with van der Waals surface area (Å²) in [6.07, 6.45) is 0.761. The Balaban J connectivity index is 2.46. The van der Waals surface area contributed by atoms with Gasteiger partial charge in [-0.25, -0.2) is 4.79 Å². The van der Waals surface area contributed by atoms with Crippen molar-refractivity contribution in [2.24, 2.45) is 0 Å². The Hall–Kier alpha value is -1.71. The van der Waals surface area contributed by atoms with Gasteiger partial charge in [0.25, 0.3) is 0 Å². The Morgan fingerprint density at radius 1 is 1.40 bits per heavy atom. The van der Waals surface area contributed by atoms with Crippen LogP contribution < -0.4 is 15.4 Å². The van der Waals surface area contributed by atoms with Gasteiger partial charge < -0.3 is 15.4 Å². The number of carbonyl (C=O) groups is 1. The number of methoxy groups -OCH3 is 1. The lowest BCUT2D eigenvalue weighted by molar-refractivity contribution is 0.243. The summed E-state index contributed by atoms with van der Waals surface area (Å²) in [4.78, 5) is 10.9. The molecular weight excluding hydrogens is 192 g/mol. The van der Waals surface area contributed by atoms with Crippen LogP contribution in [0.3, 0.4) is 0 Å². The van der Waals surface area contributed by atoms with E-state index in [2.05, 4.69) is 10.6 Å². The summed E-state index contributed by atoms with van der Waals surface area (Å²) in [6.45, 7) is 0.597. The van der Waals surface area contributed by atoms with Gasteiger partial charge >= 0.3 is 6.03 Å². The average molecular weight is 208 g/mol. The van der Waals surface area contributed by atoms with E-state index in [4.69, 9.17) is 4.74 Å². The van der Waals surface area contributed by atoms with E-state index in [0.29, 0.717) is 6.54 Å². The van der Waals surface area contributed by atoms with E-state index in [1.54, 1.807) is 14.2 Å². The van der Waals surface area contributed by atoms with Crippen molar-refractivity contribution >= 4 is 6.03 Å². The minimum Gasteiger partial charge on any atom is -0.496 e. The molecule has 0 unspecified atom stereocenters. The lowest BCUT2D eigenvalue weighted by atomic mass is 10.1. The lowest BCUT2D eigenvalue weighted by Gasteiger charge is -2.08. The highest BCUT2D eigenvalue weighted by atomic mass is 16.5. The second-order valence-electron chi connectivity index (χ2n) is 3.07. The molecule has 1 aromatic carbocycles. The monoisotopic (exact) mass is 208 g/mol. The second-order valence-corrected chi connectivity index (χ2v) is 3.07. The zero-order chi connectivity index (χ0) is 11.1. The standard InChI is InChI=1S/C11H16N2O2/c1-12-11(14)13-8-7-9-5-3-4-6-10(9)15-2/h3-6H,7-8H2,1-2H3,(H2,12,13,14). The lowest BCUT2D eigenvalue weighted by Crippen LogP contribution is -2.34. The molecule has 0 fully saturated rings. The van der Waals surface area contributed by atoms with Crippen LogP contribution in [0, 0.1) is 0 Å². The number of ether oxygens (including phenoxy) is 1. The number of nitrogens with one attached hydrogen (secondary N) is 2. The minimum absolute atomic E-state index is 0.162. The number of amides is 2. The Labute approximate surface area is 89.6 Å². The van der Waals surface area contributed by atoms with Crippen LogP contribution in [-0.2, 0) is 6.42 Å². The summed E-state index contributed by atoms with van der Waals surface area (Å²) in [7, 11) is 3.24. The number of hydrogen-bond donors (Lipinski definition) is 2. The summed E-state index contributed by atoms with van der Waals surface area (Å²) in [5, 5.41) is 5.23. The van der Waals surface area contributed by atoms with Gasteiger partial charge in [-0.05, 0) is 18.1 Å². The van der Waals surface area contributed by atoms with Crippen LogP contribution in [-0.4, -0.2) is 26.7 Å². The first kappa shape index (κ1) is 11.4. The third-order valence-electron chi connectivity index (χ3n) is 2.10. The van der Waals surface area contributed by atoms with Crippen LogP contribution in [0.4, 0.5) is 4.79 Å². The Morgan fingerprint density at radius 3 is 2.80 bits per heavy atom. The highest BCUT2D eigenvalue weighted by Crippen LogP contribution is 2.16. The molecule has 1 aromatic rings. The first-order chi connectivity index (χ1) is 7.27. The van der Waals surface area contributed by atoms with Gasteiger partial charge in [-0.15, -0.1) is 0 Å². The summed E-state index contributed by atoms with van der Waals surface area (Å²) < 4.78 is 5.20. The molecule has 0 spiro atoms. The van der Waals surface area contributed by atoms with Crippen molar-refractivity contribution in [3.63, 3.8) is 0 Å². The normalized spacial score (nSPS) is 9.47. The number of para-hydroxylation sites is 1. The highest BCUT2D eigenvalue weighted by molar-refractivity contribution is 5.73. The molecule has 1 rings (SSSR count). The summed E-state index contributed by atoms with van der Waals surface area (Å²) in [5.74, 6) is 0.858. The molecule has 0 atom stereocenters. The third-order valence-corrected chi connectivity index (χ3v) is 2.10. The molecule has 0 saturated carbocycles. The Morgan fingerprint density at radius 2 is 2.13 bits per heavy atom. The molecule has 0 radical (unpaired) electrons. The molecule has 0 saturated heterocycles. The van der Waals surface area contributed by atoms with Gasteiger partial charge in [0.1, 0.15) is 5.75 Å². The van der Waals surface area contributed by atoms with Crippen LogP contribution in [0.2, 0.25) is 0 Å². The quantitative estimate of drug-likeness (QED) is 0.780. The van der Waals surface area contributed by atoms with Crippen LogP contribution in [0.5, 0.6) is 5.75 Å². The number of hydrogen-bond acceptors (Lipinski definition) is 2. The van der Waals surface area contributed by atoms with Gasteiger partial charge in [0, 0.05) is 13.6 Å². The zero-order valence-electron chi connectivity index (χ0n) is 9.04. The number of benzene rings is 1. The Kier molecular flexibility index (Phi) is 4.47. The number of urea groups is 1. The Bertz CT molecular complexity index is 326. The third kappa shape index (κ3) is 3.50. The molecule has 0 bridgehead atoms. The molecule has 15 heavy (non-hydrogen) atoms. The maximum Gasteiger partial charge on any atom is 0.314 e. The fourth-order valence-corrected chi connectivity index (χ4v) is 1.31. The first-order valence-corrected chi connectivity index (χ1v) is 4.85. The van der Waals surface area contributed by atoms with Crippen LogP contribution >= 0.6 is 0 Å². The molecule has 2 N–H and O–H groups in total. The van der Waals surface area contributed by atoms with Crippen molar-refractivity contribution in [1.29, 1.82) is 0 Å². The van der Waals surface area contributed by atoms with Gasteiger partial charge in [0.2, 0.25) is 0 Å². The molecule has 4 heteroatoms. The number of rotatable bonds is 4. The molecule has 0 aliphatic heterocycles. The predicted octanol–water partition coefficient (Wildman–Crippen LogP) is 1.17. The number of carbonyl (C=O) groups excluding carboxylic acids is 1. The van der Waals surface area contributed by atoms with Crippen molar-refractivity contribution in [3.05, 3.63) is 29.8 Å². The van der Waals surface area contributed by atoms with Crippen molar-refractivity contribution in [2.75, 3.05) is 20.7 Å². The van der Waals surface area contributed by atoms with Crippen LogP contribution in [0.25, 0.3) is 0 Å². The van der Waals surface area contributed by atoms with Gasteiger partial charge in [-0.1, -0.05) is 18.2 Å². The van der Waals surface area contributed by atoms with E-state index in [9.17, 15) is 4.79 Å². The van der Waals surface area contributed by atoms with E-state index in [0.717, 1.165) is 17.7 Å². The molecule has 0 aromatic heterocycles. The SMILES string of the molecule is CNC(=O)NCCc1ccccc1OC. The van der Waals surface area contributed by atoms with E-state index in [-0.39, 0.29) is 6.03 Å². The maximum absolute atomic E-state index is 10.9. The van der Waals surface area contributed by atoms with E-state index in [1.165, 1.54) is 0 Å².